The minimum Gasteiger partial charge on any atom is -0.455 e. The molecule has 3 nitrogen and oxygen atoms in total. The monoisotopic (exact) mass is 630 g/mol. The predicted octanol–water partition coefficient (Wildman–Crippen LogP) is 12.6. The van der Waals surface area contributed by atoms with Gasteiger partial charge in [-0.1, -0.05) is 127 Å². The molecule has 0 radical (unpaired) electrons. The van der Waals surface area contributed by atoms with Crippen molar-refractivity contribution in [3.8, 4) is 45.0 Å². The molecule has 3 aromatic heterocycles. The van der Waals surface area contributed by atoms with Crippen molar-refractivity contribution in [3.63, 3.8) is 0 Å². The van der Waals surface area contributed by atoms with Gasteiger partial charge >= 0.3 is 0 Å². The van der Waals surface area contributed by atoms with Crippen LogP contribution in [0.15, 0.2) is 162 Å². The molecule has 0 atom stereocenters. The zero-order valence-electron chi connectivity index (χ0n) is 25.7. The van der Waals surface area contributed by atoms with Crippen LogP contribution in [0.5, 0.6) is 0 Å². The van der Waals surface area contributed by atoms with Gasteiger partial charge in [0.25, 0.3) is 0 Å². The molecule has 0 aliphatic heterocycles. The Morgan fingerprint density at radius 3 is 1.92 bits per heavy atom. The lowest BCUT2D eigenvalue weighted by molar-refractivity contribution is 0.673. The number of fused-ring (bicyclic) bond motifs is 8. The van der Waals surface area contributed by atoms with Crippen molar-refractivity contribution < 1.29 is 4.42 Å². The van der Waals surface area contributed by atoms with Crippen LogP contribution >= 0.6 is 11.3 Å². The van der Waals surface area contributed by atoms with Gasteiger partial charge in [0.2, 0.25) is 0 Å². The number of thiophene rings is 1. The van der Waals surface area contributed by atoms with E-state index in [0.29, 0.717) is 5.82 Å². The Bertz CT molecular complexity index is 2830. The number of hydrogen-bond donors (Lipinski definition) is 0. The van der Waals surface area contributed by atoms with E-state index in [2.05, 4.69) is 152 Å². The highest BCUT2D eigenvalue weighted by atomic mass is 32.1. The largest absolute Gasteiger partial charge is 0.455 e. The van der Waals surface area contributed by atoms with Crippen LogP contribution in [0.3, 0.4) is 0 Å². The standard InChI is InChI=1S/C44H26N2OS/c1-3-13-27(14-4-1)35-25-36-41-33(21-12-23-39(41)47-42(36)31-19-8-7-17-29(31)35)38-26-37(28-15-5-2-6-16-28)45-44(46-38)34-22-11-20-32-30-18-9-10-24-40(30)48-43(32)34/h1-26H. The lowest BCUT2D eigenvalue weighted by Crippen LogP contribution is -1.96. The third-order valence-corrected chi connectivity index (χ3v) is 10.5. The molecule has 4 heteroatoms. The summed E-state index contributed by atoms with van der Waals surface area (Å²) >= 11 is 1.80. The van der Waals surface area contributed by atoms with Crippen molar-refractivity contribution in [1.82, 2.24) is 9.97 Å². The molecule has 0 aliphatic rings. The summed E-state index contributed by atoms with van der Waals surface area (Å²) in [7, 11) is 0. The maximum Gasteiger partial charge on any atom is 0.161 e. The predicted molar refractivity (Wildman–Crippen MR) is 201 cm³/mol. The van der Waals surface area contributed by atoms with Gasteiger partial charge in [-0.15, -0.1) is 11.3 Å². The van der Waals surface area contributed by atoms with Crippen LogP contribution in [0.2, 0.25) is 0 Å². The minimum atomic E-state index is 0.712. The van der Waals surface area contributed by atoms with Crippen LogP contribution < -0.4 is 0 Å². The van der Waals surface area contributed by atoms with E-state index in [1.165, 1.54) is 36.7 Å². The van der Waals surface area contributed by atoms with Crippen molar-refractivity contribution in [2.75, 3.05) is 0 Å². The SMILES string of the molecule is c1ccc(-c2cc(-c3cccc4oc5c6ccccc6c(-c6ccccc6)cc5c34)nc(-c3cccc4c3sc3ccccc34)n2)cc1. The van der Waals surface area contributed by atoms with Crippen LogP contribution in [0.4, 0.5) is 0 Å². The number of aromatic nitrogens is 2. The van der Waals surface area contributed by atoms with E-state index >= 15 is 0 Å². The molecule has 0 unspecified atom stereocenters. The van der Waals surface area contributed by atoms with E-state index in [9.17, 15) is 0 Å². The highest BCUT2D eigenvalue weighted by Crippen LogP contribution is 2.44. The Morgan fingerprint density at radius 2 is 1.08 bits per heavy atom. The molecule has 0 aliphatic carbocycles. The third kappa shape index (κ3) is 4.20. The second-order valence-electron chi connectivity index (χ2n) is 12.1. The Labute approximate surface area is 280 Å². The Kier molecular flexibility index (Phi) is 6.05. The first kappa shape index (κ1) is 27.1. The van der Waals surface area contributed by atoms with Gasteiger partial charge in [-0.05, 0) is 46.8 Å². The second kappa shape index (κ2) is 10.7. The average molecular weight is 631 g/mol. The zero-order valence-corrected chi connectivity index (χ0v) is 26.5. The normalized spacial score (nSPS) is 11.8. The summed E-state index contributed by atoms with van der Waals surface area (Å²) in [5, 5.41) is 6.89. The Balaban J connectivity index is 1.28. The molecule has 3 heterocycles. The second-order valence-corrected chi connectivity index (χ2v) is 13.2. The molecule has 0 saturated heterocycles. The fourth-order valence-electron chi connectivity index (χ4n) is 7.10. The van der Waals surface area contributed by atoms with Gasteiger partial charge in [0, 0.05) is 53.0 Å². The van der Waals surface area contributed by atoms with E-state index in [4.69, 9.17) is 14.4 Å². The maximum absolute atomic E-state index is 6.70. The summed E-state index contributed by atoms with van der Waals surface area (Å²) in [6.45, 7) is 0. The molecule has 0 saturated carbocycles. The molecule has 10 rings (SSSR count). The summed E-state index contributed by atoms with van der Waals surface area (Å²) in [4.78, 5) is 10.6. The number of benzene rings is 7. The van der Waals surface area contributed by atoms with Crippen LogP contribution in [-0.2, 0) is 0 Å². The quantitative estimate of drug-likeness (QED) is 0.194. The van der Waals surface area contributed by atoms with Crippen LogP contribution in [0.1, 0.15) is 0 Å². The molecule has 7 aromatic carbocycles. The first-order chi connectivity index (χ1) is 23.8. The highest BCUT2D eigenvalue weighted by molar-refractivity contribution is 7.26. The molecule has 0 bridgehead atoms. The highest BCUT2D eigenvalue weighted by Gasteiger charge is 2.20. The fraction of sp³-hybridized carbons (Fsp3) is 0. The number of rotatable bonds is 4. The van der Waals surface area contributed by atoms with Crippen molar-refractivity contribution >= 4 is 64.2 Å². The summed E-state index contributed by atoms with van der Waals surface area (Å²) in [6.07, 6.45) is 0. The van der Waals surface area contributed by atoms with Gasteiger partial charge in [0.1, 0.15) is 11.2 Å². The minimum absolute atomic E-state index is 0.712. The maximum atomic E-state index is 6.70. The van der Waals surface area contributed by atoms with E-state index in [-0.39, 0.29) is 0 Å². The van der Waals surface area contributed by atoms with Crippen molar-refractivity contribution in [2.24, 2.45) is 0 Å². The zero-order chi connectivity index (χ0) is 31.6. The van der Waals surface area contributed by atoms with Crippen LogP contribution in [-0.4, -0.2) is 9.97 Å². The summed E-state index contributed by atoms with van der Waals surface area (Å²) < 4.78 is 9.15. The Morgan fingerprint density at radius 1 is 0.438 bits per heavy atom. The van der Waals surface area contributed by atoms with E-state index < -0.39 is 0 Å². The number of hydrogen-bond acceptors (Lipinski definition) is 4. The van der Waals surface area contributed by atoms with Gasteiger partial charge in [-0.2, -0.15) is 0 Å². The van der Waals surface area contributed by atoms with E-state index in [1.807, 2.05) is 6.07 Å². The van der Waals surface area contributed by atoms with Gasteiger partial charge in [0.15, 0.2) is 5.82 Å². The molecule has 0 N–H and O–H groups in total. The van der Waals surface area contributed by atoms with E-state index in [0.717, 1.165) is 55.4 Å². The summed E-state index contributed by atoms with van der Waals surface area (Å²) in [5.74, 6) is 0.712. The molecule has 0 fully saturated rings. The smallest absolute Gasteiger partial charge is 0.161 e. The van der Waals surface area contributed by atoms with Crippen LogP contribution in [0, 0.1) is 0 Å². The van der Waals surface area contributed by atoms with Crippen molar-refractivity contribution in [2.45, 2.75) is 0 Å². The number of furan rings is 1. The number of nitrogens with zero attached hydrogens (tertiary/aromatic N) is 2. The molecule has 0 amide bonds. The van der Waals surface area contributed by atoms with Crippen molar-refractivity contribution in [3.05, 3.63) is 158 Å². The van der Waals surface area contributed by atoms with Crippen LogP contribution in [0.25, 0.3) is 97.9 Å². The van der Waals surface area contributed by atoms with Gasteiger partial charge in [-0.25, -0.2) is 9.97 Å². The molecule has 10 aromatic rings. The summed E-state index contributed by atoms with van der Waals surface area (Å²) in [5.41, 5.74) is 8.93. The average Bonchev–Trinajstić information content (AvgIpc) is 3.74. The Hall–Kier alpha value is -6.10. The molecule has 0 spiro atoms. The molecular formula is C44H26N2OS. The van der Waals surface area contributed by atoms with Gasteiger partial charge in [0.05, 0.1) is 11.4 Å². The topological polar surface area (TPSA) is 38.9 Å². The fourth-order valence-corrected chi connectivity index (χ4v) is 8.32. The molecule has 224 valence electrons. The first-order valence-electron chi connectivity index (χ1n) is 16.1. The lowest BCUT2D eigenvalue weighted by Gasteiger charge is -2.11. The first-order valence-corrected chi connectivity index (χ1v) is 16.9. The third-order valence-electron chi connectivity index (χ3n) is 9.30. The van der Waals surface area contributed by atoms with Gasteiger partial charge < -0.3 is 4.42 Å². The van der Waals surface area contributed by atoms with E-state index in [1.54, 1.807) is 11.3 Å². The molecular weight excluding hydrogens is 605 g/mol. The lowest BCUT2D eigenvalue weighted by atomic mass is 9.94. The van der Waals surface area contributed by atoms with Gasteiger partial charge in [-0.3, -0.25) is 0 Å². The summed E-state index contributed by atoms with van der Waals surface area (Å²) in [6, 6.07) is 55.3. The van der Waals surface area contributed by atoms with Crippen molar-refractivity contribution in [1.29, 1.82) is 0 Å². The molecule has 48 heavy (non-hydrogen) atoms.